The summed E-state index contributed by atoms with van der Waals surface area (Å²) in [7, 11) is 1.46. The molecular weight excluding hydrogens is 346 g/mol. The van der Waals surface area contributed by atoms with Crippen molar-refractivity contribution >= 4 is 17.7 Å². The molecule has 0 unspecified atom stereocenters. The van der Waals surface area contributed by atoms with Crippen LogP contribution in [0.4, 0.5) is 0 Å². The Morgan fingerprint density at radius 2 is 1.59 bits per heavy atom. The SMILES string of the molecule is COc1ccccc1C(=O)NCC(=O)OCC(=O)c1cc(C)c(C)cc1C. The highest BCUT2D eigenvalue weighted by molar-refractivity contribution is 6.00. The standard InChI is InChI=1S/C21H23NO5/c1-13-9-15(3)17(10-14(13)2)18(23)12-27-20(24)11-22-21(25)16-7-5-6-8-19(16)26-4/h5-10H,11-12H2,1-4H3,(H,22,25). The Morgan fingerprint density at radius 3 is 2.30 bits per heavy atom. The first-order chi connectivity index (χ1) is 12.8. The third-order valence-corrected chi connectivity index (χ3v) is 4.25. The van der Waals surface area contributed by atoms with Crippen molar-refractivity contribution in [2.75, 3.05) is 20.3 Å². The van der Waals surface area contributed by atoms with Crippen molar-refractivity contribution in [3.05, 3.63) is 64.2 Å². The number of hydrogen-bond donors (Lipinski definition) is 1. The maximum atomic E-state index is 12.3. The van der Waals surface area contributed by atoms with Crippen LogP contribution in [-0.2, 0) is 9.53 Å². The number of nitrogens with one attached hydrogen (secondary N) is 1. The summed E-state index contributed by atoms with van der Waals surface area (Å²) in [5.74, 6) is -1.02. The fourth-order valence-corrected chi connectivity index (χ4v) is 2.62. The zero-order valence-electron chi connectivity index (χ0n) is 15.9. The van der Waals surface area contributed by atoms with Gasteiger partial charge in [-0.05, 0) is 55.7 Å². The molecule has 0 aliphatic heterocycles. The minimum Gasteiger partial charge on any atom is -0.496 e. The van der Waals surface area contributed by atoms with Gasteiger partial charge >= 0.3 is 5.97 Å². The van der Waals surface area contributed by atoms with E-state index in [9.17, 15) is 14.4 Å². The highest BCUT2D eigenvalue weighted by Crippen LogP contribution is 2.17. The predicted molar refractivity (Wildman–Crippen MR) is 101 cm³/mol. The zero-order valence-corrected chi connectivity index (χ0v) is 15.9. The van der Waals surface area contributed by atoms with E-state index < -0.39 is 11.9 Å². The number of amides is 1. The van der Waals surface area contributed by atoms with Gasteiger partial charge in [0, 0.05) is 5.56 Å². The van der Waals surface area contributed by atoms with Gasteiger partial charge in [-0.1, -0.05) is 18.2 Å². The summed E-state index contributed by atoms with van der Waals surface area (Å²) in [5, 5.41) is 2.46. The van der Waals surface area contributed by atoms with E-state index in [1.54, 1.807) is 30.3 Å². The van der Waals surface area contributed by atoms with Gasteiger partial charge in [0.15, 0.2) is 6.61 Å². The summed E-state index contributed by atoms with van der Waals surface area (Å²) in [4.78, 5) is 36.3. The number of ether oxygens (including phenoxy) is 2. The van der Waals surface area contributed by atoms with E-state index in [0.29, 0.717) is 16.9 Å². The molecule has 2 aromatic rings. The molecule has 0 bridgehead atoms. The molecule has 0 radical (unpaired) electrons. The lowest BCUT2D eigenvalue weighted by atomic mass is 9.98. The molecule has 0 atom stereocenters. The van der Waals surface area contributed by atoms with Crippen LogP contribution in [0, 0.1) is 20.8 Å². The van der Waals surface area contributed by atoms with Crippen LogP contribution >= 0.6 is 0 Å². The molecule has 0 saturated heterocycles. The Balaban J connectivity index is 1.88. The number of methoxy groups -OCH3 is 1. The Morgan fingerprint density at radius 1 is 0.926 bits per heavy atom. The molecule has 0 heterocycles. The van der Waals surface area contributed by atoms with Crippen LogP contribution in [0.5, 0.6) is 5.75 Å². The van der Waals surface area contributed by atoms with Crippen LogP contribution in [0.1, 0.15) is 37.4 Å². The average Bonchev–Trinajstić information content (AvgIpc) is 2.66. The third kappa shape index (κ3) is 5.17. The first-order valence-corrected chi connectivity index (χ1v) is 8.51. The first-order valence-electron chi connectivity index (χ1n) is 8.51. The molecule has 0 spiro atoms. The van der Waals surface area contributed by atoms with Gasteiger partial charge in [-0.25, -0.2) is 0 Å². The number of ketones is 1. The number of esters is 1. The van der Waals surface area contributed by atoms with Crippen LogP contribution in [-0.4, -0.2) is 37.9 Å². The lowest BCUT2D eigenvalue weighted by molar-refractivity contribution is -0.141. The van der Waals surface area contributed by atoms with Crippen LogP contribution < -0.4 is 10.1 Å². The van der Waals surface area contributed by atoms with Gasteiger partial charge in [0.25, 0.3) is 5.91 Å². The van der Waals surface area contributed by atoms with Crippen LogP contribution in [0.15, 0.2) is 36.4 Å². The van der Waals surface area contributed by atoms with Crippen molar-refractivity contribution in [3.63, 3.8) is 0 Å². The Bertz CT molecular complexity index is 873. The topological polar surface area (TPSA) is 81.7 Å². The highest BCUT2D eigenvalue weighted by Gasteiger charge is 2.16. The van der Waals surface area contributed by atoms with Gasteiger partial charge in [-0.2, -0.15) is 0 Å². The normalized spacial score (nSPS) is 10.2. The molecule has 27 heavy (non-hydrogen) atoms. The van der Waals surface area contributed by atoms with E-state index in [1.165, 1.54) is 7.11 Å². The quantitative estimate of drug-likeness (QED) is 0.599. The van der Waals surface area contributed by atoms with Gasteiger partial charge in [0.05, 0.1) is 12.7 Å². The monoisotopic (exact) mass is 369 g/mol. The zero-order chi connectivity index (χ0) is 20.0. The molecule has 0 aromatic heterocycles. The highest BCUT2D eigenvalue weighted by atomic mass is 16.5. The van der Waals surface area contributed by atoms with E-state index in [4.69, 9.17) is 9.47 Å². The Kier molecular flexibility index (Phi) is 6.71. The van der Waals surface area contributed by atoms with Gasteiger partial charge in [0.2, 0.25) is 5.78 Å². The van der Waals surface area contributed by atoms with Crippen molar-refractivity contribution in [2.24, 2.45) is 0 Å². The summed E-state index contributed by atoms with van der Waals surface area (Å²) in [6, 6.07) is 10.4. The van der Waals surface area contributed by atoms with Crippen LogP contribution in [0.25, 0.3) is 0 Å². The van der Waals surface area contributed by atoms with Crippen LogP contribution in [0.2, 0.25) is 0 Å². The smallest absolute Gasteiger partial charge is 0.325 e. The molecule has 6 nitrogen and oxygen atoms in total. The molecule has 0 aliphatic rings. The van der Waals surface area contributed by atoms with E-state index >= 15 is 0 Å². The van der Waals surface area contributed by atoms with Gasteiger partial charge in [-0.3, -0.25) is 14.4 Å². The Labute approximate surface area is 158 Å². The third-order valence-electron chi connectivity index (χ3n) is 4.25. The predicted octanol–water partition coefficient (Wildman–Crippen LogP) is 2.78. The number of para-hydroxylation sites is 1. The largest absolute Gasteiger partial charge is 0.496 e. The summed E-state index contributed by atoms with van der Waals surface area (Å²) >= 11 is 0. The molecule has 0 saturated carbocycles. The maximum absolute atomic E-state index is 12.3. The number of hydrogen-bond acceptors (Lipinski definition) is 5. The summed E-state index contributed by atoms with van der Waals surface area (Å²) in [5.41, 5.74) is 3.78. The second-order valence-corrected chi connectivity index (χ2v) is 6.22. The summed E-state index contributed by atoms with van der Waals surface area (Å²) < 4.78 is 10.1. The molecule has 2 rings (SSSR count). The molecule has 2 aromatic carbocycles. The van der Waals surface area contributed by atoms with E-state index in [-0.39, 0.29) is 18.9 Å². The summed E-state index contributed by atoms with van der Waals surface area (Å²) in [6.45, 7) is 5.03. The van der Waals surface area contributed by atoms with Crippen molar-refractivity contribution in [3.8, 4) is 5.75 Å². The van der Waals surface area contributed by atoms with Crippen molar-refractivity contribution in [1.82, 2.24) is 5.32 Å². The van der Waals surface area contributed by atoms with E-state index in [2.05, 4.69) is 5.32 Å². The lowest BCUT2D eigenvalue weighted by Gasteiger charge is -2.10. The first kappa shape index (κ1) is 20.2. The second-order valence-electron chi connectivity index (χ2n) is 6.22. The molecule has 0 fully saturated rings. The number of aryl methyl sites for hydroxylation is 3. The fraction of sp³-hybridized carbons (Fsp3) is 0.286. The number of Topliss-reactive ketones (excluding diaryl/α,β-unsaturated/α-hetero) is 1. The molecule has 0 aliphatic carbocycles. The number of carbonyl (C=O) groups excluding carboxylic acids is 3. The van der Waals surface area contributed by atoms with E-state index in [0.717, 1.165) is 16.7 Å². The minimum atomic E-state index is -0.687. The molecule has 1 N–H and O–H groups in total. The van der Waals surface area contributed by atoms with E-state index in [1.807, 2.05) is 26.8 Å². The number of benzene rings is 2. The molecule has 6 heteroatoms. The minimum absolute atomic E-state index is 0.278. The number of rotatable bonds is 7. The lowest BCUT2D eigenvalue weighted by Crippen LogP contribution is -2.31. The van der Waals surface area contributed by atoms with Crippen molar-refractivity contribution in [1.29, 1.82) is 0 Å². The molecular formula is C21H23NO5. The van der Waals surface area contributed by atoms with Crippen LogP contribution in [0.3, 0.4) is 0 Å². The van der Waals surface area contributed by atoms with Gasteiger partial charge < -0.3 is 14.8 Å². The van der Waals surface area contributed by atoms with Gasteiger partial charge in [0.1, 0.15) is 12.3 Å². The Hall–Kier alpha value is -3.15. The molecule has 142 valence electrons. The van der Waals surface area contributed by atoms with Crippen molar-refractivity contribution < 1.29 is 23.9 Å². The van der Waals surface area contributed by atoms with Gasteiger partial charge in [-0.15, -0.1) is 0 Å². The maximum Gasteiger partial charge on any atom is 0.325 e. The summed E-state index contributed by atoms with van der Waals surface area (Å²) in [6.07, 6.45) is 0. The number of carbonyl (C=O) groups is 3. The average molecular weight is 369 g/mol. The second kappa shape index (κ2) is 8.98. The van der Waals surface area contributed by atoms with Crippen molar-refractivity contribution in [2.45, 2.75) is 20.8 Å². The molecule has 1 amide bonds. The fourth-order valence-electron chi connectivity index (χ4n) is 2.62.